The van der Waals surface area contributed by atoms with Crippen LogP contribution in [0.2, 0.25) is 0 Å². The number of aromatic nitrogens is 2. The van der Waals surface area contributed by atoms with Crippen LogP contribution in [0.15, 0.2) is 53.1 Å². The second kappa shape index (κ2) is 8.67. The van der Waals surface area contributed by atoms with Crippen LogP contribution >= 0.6 is 0 Å². The number of hydrogen-bond acceptors (Lipinski definition) is 6. The van der Waals surface area contributed by atoms with Gasteiger partial charge in [0.15, 0.2) is 0 Å². The molecule has 156 valence electrons. The topological polar surface area (TPSA) is 74.5 Å². The van der Waals surface area contributed by atoms with Crippen molar-refractivity contribution in [1.82, 2.24) is 15.0 Å². The lowest BCUT2D eigenvalue weighted by Gasteiger charge is -2.38. The number of nitrogens with one attached hydrogen (secondary N) is 1. The molecule has 0 radical (unpaired) electrons. The zero-order valence-electron chi connectivity index (χ0n) is 17.6. The first-order chi connectivity index (χ1) is 14.5. The summed E-state index contributed by atoms with van der Waals surface area (Å²) in [7, 11) is 0. The first-order valence-electron chi connectivity index (χ1n) is 10.3. The molecule has 1 saturated heterocycles. The molecule has 30 heavy (non-hydrogen) atoms. The monoisotopic (exact) mass is 405 g/mol. The lowest BCUT2D eigenvalue weighted by molar-refractivity contribution is 0.102. The Morgan fingerprint density at radius 3 is 2.37 bits per heavy atom. The van der Waals surface area contributed by atoms with Gasteiger partial charge in [-0.25, -0.2) is 0 Å². The summed E-state index contributed by atoms with van der Waals surface area (Å²) in [5.41, 5.74) is 3.14. The van der Waals surface area contributed by atoms with Crippen LogP contribution in [0.1, 0.15) is 30.1 Å². The van der Waals surface area contributed by atoms with Crippen LogP contribution in [-0.4, -0.2) is 53.2 Å². The molecule has 3 aromatic rings. The van der Waals surface area contributed by atoms with E-state index in [0.717, 1.165) is 37.4 Å². The molecule has 1 N–H and O–H groups in total. The summed E-state index contributed by atoms with van der Waals surface area (Å²) in [5.74, 6) is 0.772. The van der Waals surface area contributed by atoms with Gasteiger partial charge in [0, 0.05) is 56.0 Å². The van der Waals surface area contributed by atoms with Gasteiger partial charge in [0.2, 0.25) is 11.7 Å². The van der Waals surface area contributed by atoms with Crippen molar-refractivity contribution >= 4 is 17.3 Å². The first kappa shape index (κ1) is 20.1. The maximum atomic E-state index is 12.8. The summed E-state index contributed by atoms with van der Waals surface area (Å²) >= 11 is 0. The molecule has 1 aliphatic heterocycles. The summed E-state index contributed by atoms with van der Waals surface area (Å²) in [6.45, 7) is 10.3. The number of nitrogens with zero attached hydrogens (tertiary/aromatic N) is 4. The van der Waals surface area contributed by atoms with E-state index in [2.05, 4.69) is 39.1 Å². The summed E-state index contributed by atoms with van der Waals surface area (Å²) < 4.78 is 5.07. The van der Waals surface area contributed by atoms with Gasteiger partial charge in [-0.2, -0.15) is 4.98 Å². The van der Waals surface area contributed by atoms with Crippen molar-refractivity contribution < 1.29 is 9.32 Å². The minimum atomic E-state index is -0.168. The summed E-state index contributed by atoms with van der Waals surface area (Å²) in [5, 5.41) is 6.93. The van der Waals surface area contributed by atoms with Gasteiger partial charge in [0.1, 0.15) is 0 Å². The summed E-state index contributed by atoms with van der Waals surface area (Å²) in [6.07, 6.45) is 0. The normalized spacial score (nSPS) is 14.9. The minimum absolute atomic E-state index is 0.168. The Hall–Kier alpha value is -3.19. The fourth-order valence-electron chi connectivity index (χ4n) is 3.71. The maximum absolute atomic E-state index is 12.8. The molecule has 1 aromatic heterocycles. The number of anilines is 2. The molecule has 1 fully saturated rings. The molecule has 0 spiro atoms. The Balaban J connectivity index is 1.44. The third-order valence-corrected chi connectivity index (χ3v) is 5.48. The molecule has 7 nitrogen and oxygen atoms in total. The number of para-hydroxylation sites is 1. The fourth-order valence-corrected chi connectivity index (χ4v) is 3.71. The van der Waals surface area contributed by atoms with Crippen molar-refractivity contribution in [3.63, 3.8) is 0 Å². The van der Waals surface area contributed by atoms with Crippen LogP contribution in [0, 0.1) is 6.92 Å². The van der Waals surface area contributed by atoms with Crippen molar-refractivity contribution in [1.29, 1.82) is 0 Å². The quantitative estimate of drug-likeness (QED) is 0.695. The van der Waals surface area contributed by atoms with E-state index in [-0.39, 0.29) is 5.91 Å². The largest absolute Gasteiger partial charge is 0.369 e. The van der Waals surface area contributed by atoms with Crippen molar-refractivity contribution in [2.45, 2.75) is 26.8 Å². The third-order valence-electron chi connectivity index (χ3n) is 5.48. The Morgan fingerprint density at radius 1 is 1.03 bits per heavy atom. The van der Waals surface area contributed by atoms with Crippen molar-refractivity contribution in [2.75, 3.05) is 36.4 Å². The molecule has 0 aliphatic carbocycles. The highest BCUT2D eigenvalue weighted by molar-refractivity contribution is 6.06. The molecule has 0 bridgehead atoms. The third kappa shape index (κ3) is 4.36. The van der Waals surface area contributed by atoms with Crippen LogP contribution in [0.4, 0.5) is 11.4 Å². The van der Waals surface area contributed by atoms with E-state index in [0.29, 0.717) is 29.0 Å². The number of carbonyl (C=O) groups is 1. The standard InChI is InChI=1S/C23H27N5O2/c1-16(2)27-12-14-28(15-13-27)19-10-8-18(9-11-19)23(29)25-21-7-5-4-6-20(21)22-24-17(3)30-26-22/h4-11,16H,12-15H2,1-3H3,(H,25,29). The van der Waals surface area contributed by atoms with E-state index in [1.165, 1.54) is 0 Å². The lowest BCUT2D eigenvalue weighted by Crippen LogP contribution is -2.48. The minimum Gasteiger partial charge on any atom is -0.369 e. The number of carbonyl (C=O) groups excluding carboxylic acids is 1. The van der Waals surface area contributed by atoms with Gasteiger partial charge >= 0.3 is 0 Å². The van der Waals surface area contributed by atoms with Crippen LogP contribution < -0.4 is 10.2 Å². The van der Waals surface area contributed by atoms with Gasteiger partial charge in [-0.15, -0.1) is 0 Å². The van der Waals surface area contributed by atoms with E-state index in [1.54, 1.807) is 6.92 Å². The van der Waals surface area contributed by atoms with E-state index < -0.39 is 0 Å². The van der Waals surface area contributed by atoms with Gasteiger partial charge in [-0.3, -0.25) is 9.69 Å². The second-order valence-electron chi connectivity index (χ2n) is 7.80. The van der Waals surface area contributed by atoms with Gasteiger partial charge < -0.3 is 14.7 Å². The number of piperazine rings is 1. The molecule has 0 unspecified atom stereocenters. The maximum Gasteiger partial charge on any atom is 0.255 e. The molecule has 2 aromatic carbocycles. The zero-order chi connectivity index (χ0) is 21.1. The lowest BCUT2D eigenvalue weighted by atomic mass is 10.1. The highest BCUT2D eigenvalue weighted by Crippen LogP contribution is 2.26. The van der Waals surface area contributed by atoms with Crippen LogP contribution in [0.3, 0.4) is 0 Å². The number of hydrogen-bond donors (Lipinski definition) is 1. The zero-order valence-corrected chi connectivity index (χ0v) is 17.6. The smallest absolute Gasteiger partial charge is 0.255 e. The van der Waals surface area contributed by atoms with E-state index in [4.69, 9.17) is 4.52 Å². The van der Waals surface area contributed by atoms with Crippen LogP contribution in [0.25, 0.3) is 11.4 Å². The van der Waals surface area contributed by atoms with Gasteiger partial charge in [-0.05, 0) is 50.2 Å². The second-order valence-corrected chi connectivity index (χ2v) is 7.80. The first-order valence-corrected chi connectivity index (χ1v) is 10.3. The SMILES string of the molecule is Cc1nc(-c2ccccc2NC(=O)c2ccc(N3CCN(C(C)C)CC3)cc2)no1. The van der Waals surface area contributed by atoms with E-state index in [1.807, 2.05) is 48.5 Å². The summed E-state index contributed by atoms with van der Waals surface area (Å²) in [4.78, 5) is 21.9. The molecule has 4 rings (SSSR count). The van der Waals surface area contributed by atoms with Gasteiger partial charge in [0.25, 0.3) is 5.91 Å². The van der Waals surface area contributed by atoms with Gasteiger partial charge in [0.05, 0.1) is 5.69 Å². The molecule has 1 amide bonds. The number of rotatable bonds is 5. The van der Waals surface area contributed by atoms with Crippen LogP contribution in [-0.2, 0) is 0 Å². The van der Waals surface area contributed by atoms with Crippen LogP contribution in [0.5, 0.6) is 0 Å². The average molecular weight is 406 g/mol. The molecule has 1 aliphatic rings. The average Bonchev–Trinajstić information content (AvgIpc) is 3.20. The molecule has 2 heterocycles. The highest BCUT2D eigenvalue weighted by atomic mass is 16.5. The molecule has 0 atom stereocenters. The van der Waals surface area contributed by atoms with E-state index >= 15 is 0 Å². The summed E-state index contributed by atoms with van der Waals surface area (Å²) in [6, 6.07) is 15.8. The molecular formula is C23H27N5O2. The molecule has 7 heteroatoms. The van der Waals surface area contributed by atoms with Crippen molar-refractivity contribution in [3.8, 4) is 11.4 Å². The van der Waals surface area contributed by atoms with Crippen molar-refractivity contribution in [2.24, 2.45) is 0 Å². The number of benzene rings is 2. The highest BCUT2D eigenvalue weighted by Gasteiger charge is 2.19. The Morgan fingerprint density at radius 2 is 1.73 bits per heavy atom. The predicted octanol–water partition coefficient (Wildman–Crippen LogP) is 3.83. The number of aryl methyl sites for hydroxylation is 1. The Kier molecular flexibility index (Phi) is 5.81. The van der Waals surface area contributed by atoms with Gasteiger partial charge in [-0.1, -0.05) is 17.3 Å². The Bertz CT molecular complexity index is 1000. The predicted molar refractivity (Wildman–Crippen MR) is 118 cm³/mol. The molecular weight excluding hydrogens is 378 g/mol. The Labute approximate surface area is 176 Å². The number of amides is 1. The van der Waals surface area contributed by atoms with E-state index in [9.17, 15) is 4.79 Å². The molecule has 0 saturated carbocycles. The van der Waals surface area contributed by atoms with Crippen molar-refractivity contribution in [3.05, 3.63) is 60.0 Å². The fraction of sp³-hybridized carbons (Fsp3) is 0.348.